The zero-order chi connectivity index (χ0) is 15.4. The number of rotatable bonds is 4. The quantitative estimate of drug-likeness (QED) is 0.883. The molecule has 22 heavy (non-hydrogen) atoms. The maximum atomic E-state index is 12.3. The molecule has 2 amide bonds. The topological polar surface area (TPSA) is 41.1 Å². The second kappa shape index (κ2) is 6.22. The van der Waals surface area contributed by atoms with Crippen LogP contribution in [0.15, 0.2) is 54.6 Å². The van der Waals surface area contributed by atoms with Gasteiger partial charge in [-0.15, -0.1) is 0 Å². The van der Waals surface area contributed by atoms with Gasteiger partial charge in [0.1, 0.15) is 0 Å². The maximum Gasteiger partial charge on any atom is 0.315 e. The molecule has 0 heterocycles. The van der Waals surface area contributed by atoms with Crippen molar-refractivity contribution in [3.63, 3.8) is 0 Å². The van der Waals surface area contributed by atoms with Gasteiger partial charge in [0, 0.05) is 6.54 Å². The van der Waals surface area contributed by atoms with Crippen LogP contribution in [-0.4, -0.2) is 6.03 Å². The molecule has 1 aliphatic rings. The van der Waals surface area contributed by atoms with Crippen molar-refractivity contribution in [3.8, 4) is 0 Å². The Morgan fingerprint density at radius 2 is 1.73 bits per heavy atom. The first-order chi connectivity index (χ1) is 10.7. The standard InChI is InChI=1S/C19H22N2O/c1-15-8-5-6-9-16(15)14-20-18(22)21-19(12-7-13-19)17-10-3-2-4-11-17/h2-6,8-11H,7,12-14H2,1H3,(H2,20,21,22). The Balaban J connectivity index is 1.63. The van der Waals surface area contributed by atoms with E-state index in [1.807, 2.05) is 36.4 Å². The number of aryl methyl sites for hydroxylation is 1. The molecule has 0 spiro atoms. The number of benzene rings is 2. The van der Waals surface area contributed by atoms with Crippen LogP contribution >= 0.6 is 0 Å². The summed E-state index contributed by atoms with van der Waals surface area (Å²) < 4.78 is 0. The summed E-state index contributed by atoms with van der Waals surface area (Å²) in [6.45, 7) is 2.62. The smallest absolute Gasteiger partial charge is 0.315 e. The van der Waals surface area contributed by atoms with Crippen molar-refractivity contribution in [2.45, 2.75) is 38.3 Å². The minimum Gasteiger partial charge on any atom is -0.334 e. The lowest BCUT2D eigenvalue weighted by molar-refractivity contribution is 0.177. The van der Waals surface area contributed by atoms with Crippen LogP contribution < -0.4 is 10.6 Å². The molecule has 1 fully saturated rings. The Hall–Kier alpha value is -2.29. The average molecular weight is 294 g/mol. The number of hydrogen-bond acceptors (Lipinski definition) is 1. The van der Waals surface area contributed by atoms with E-state index in [2.05, 4.69) is 35.8 Å². The fraction of sp³-hybridized carbons (Fsp3) is 0.316. The number of carbonyl (C=O) groups is 1. The van der Waals surface area contributed by atoms with E-state index in [-0.39, 0.29) is 11.6 Å². The summed E-state index contributed by atoms with van der Waals surface area (Å²) in [6.07, 6.45) is 3.18. The number of urea groups is 1. The van der Waals surface area contributed by atoms with Crippen molar-refractivity contribution in [1.29, 1.82) is 0 Å². The molecule has 1 aliphatic carbocycles. The summed E-state index contributed by atoms with van der Waals surface area (Å²) in [5, 5.41) is 6.17. The van der Waals surface area contributed by atoms with Gasteiger partial charge in [-0.2, -0.15) is 0 Å². The molecule has 114 valence electrons. The van der Waals surface area contributed by atoms with E-state index in [1.165, 1.54) is 11.1 Å². The Labute approximate surface area is 131 Å². The summed E-state index contributed by atoms with van der Waals surface area (Å²) in [4.78, 5) is 12.3. The molecule has 0 saturated heterocycles. The molecule has 3 rings (SSSR count). The first kappa shape index (κ1) is 14.6. The first-order valence-electron chi connectivity index (χ1n) is 7.86. The van der Waals surface area contributed by atoms with Gasteiger partial charge in [-0.25, -0.2) is 4.79 Å². The first-order valence-corrected chi connectivity index (χ1v) is 7.86. The third-order valence-corrected chi connectivity index (χ3v) is 4.59. The van der Waals surface area contributed by atoms with Crippen molar-refractivity contribution in [1.82, 2.24) is 10.6 Å². The fourth-order valence-electron chi connectivity index (χ4n) is 3.02. The molecule has 0 aliphatic heterocycles. The molecule has 0 bridgehead atoms. The molecule has 2 aromatic carbocycles. The highest BCUT2D eigenvalue weighted by molar-refractivity contribution is 5.75. The van der Waals surface area contributed by atoms with Gasteiger partial charge in [-0.05, 0) is 42.9 Å². The lowest BCUT2D eigenvalue weighted by Crippen LogP contribution is -2.53. The largest absolute Gasteiger partial charge is 0.334 e. The van der Waals surface area contributed by atoms with Gasteiger partial charge in [0.2, 0.25) is 0 Å². The van der Waals surface area contributed by atoms with Crippen LogP contribution in [0.4, 0.5) is 4.79 Å². The van der Waals surface area contributed by atoms with Gasteiger partial charge in [-0.1, -0.05) is 54.6 Å². The summed E-state index contributed by atoms with van der Waals surface area (Å²) in [7, 11) is 0. The second-order valence-electron chi connectivity index (χ2n) is 6.04. The van der Waals surface area contributed by atoms with E-state index in [0.29, 0.717) is 6.54 Å². The minimum absolute atomic E-state index is 0.0909. The number of nitrogens with one attached hydrogen (secondary N) is 2. The molecule has 0 atom stereocenters. The third kappa shape index (κ3) is 2.98. The molecule has 0 radical (unpaired) electrons. The average Bonchev–Trinajstić information content (AvgIpc) is 2.51. The van der Waals surface area contributed by atoms with E-state index < -0.39 is 0 Å². The Bertz CT molecular complexity index is 647. The van der Waals surface area contributed by atoms with Crippen molar-refractivity contribution in [3.05, 3.63) is 71.3 Å². The van der Waals surface area contributed by atoms with Crippen molar-refractivity contribution in [2.75, 3.05) is 0 Å². The summed E-state index contributed by atoms with van der Waals surface area (Å²) in [5.41, 5.74) is 3.37. The van der Waals surface area contributed by atoms with Gasteiger partial charge >= 0.3 is 6.03 Å². The van der Waals surface area contributed by atoms with E-state index in [9.17, 15) is 4.79 Å². The fourth-order valence-corrected chi connectivity index (χ4v) is 3.02. The summed E-state index contributed by atoms with van der Waals surface area (Å²) >= 11 is 0. The van der Waals surface area contributed by atoms with E-state index >= 15 is 0 Å². The molecule has 3 heteroatoms. The number of amides is 2. The predicted octanol–water partition coefficient (Wildman–Crippen LogP) is 3.87. The number of carbonyl (C=O) groups excluding carboxylic acids is 1. The van der Waals surface area contributed by atoms with E-state index in [1.54, 1.807) is 0 Å². The zero-order valence-electron chi connectivity index (χ0n) is 12.9. The van der Waals surface area contributed by atoms with Crippen LogP contribution in [0.1, 0.15) is 36.0 Å². The summed E-state index contributed by atoms with van der Waals surface area (Å²) in [5.74, 6) is 0. The van der Waals surface area contributed by atoms with Crippen LogP contribution in [0.25, 0.3) is 0 Å². The van der Waals surface area contributed by atoms with Crippen LogP contribution in [-0.2, 0) is 12.1 Å². The molecule has 1 saturated carbocycles. The monoisotopic (exact) mass is 294 g/mol. The Morgan fingerprint density at radius 3 is 2.36 bits per heavy atom. The third-order valence-electron chi connectivity index (χ3n) is 4.59. The molecule has 3 nitrogen and oxygen atoms in total. The van der Waals surface area contributed by atoms with Crippen LogP contribution in [0.5, 0.6) is 0 Å². The molecular formula is C19H22N2O. The van der Waals surface area contributed by atoms with Gasteiger partial charge in [0.05, 0.1) is 5.54 Å². The molecule has 0 aromatic heterocycles. The van der Waals surface area contributed by atoms with Crippen LogP contribution in [0.3, 0.4) is 0 Å². The Morgan fingerprint density at radius 1 is 1.05 bits per heavy atom. The highest BCUT2D eigenvalue weighted by Gasteiger charge is 2.39. The highest BCUT2D eigenvalue weighted by Crippen LogP contribution is 2.41. The van der Waals surface area contributed by atoms with Crippen LogP contribution in [0, 0.1) is 6.92 Å². The molecule has 2 N–H and O–H groups in total. The molecular weight excluding hydrogens is 272 g/mol. The van der Waals surface area contributed by atoms with Crippen LogP contribution in [0.2, 0.25) is 0 Å². The van der Waals surface area contributed by atoms with Gasteiger partial charge in [0.25, 0.3) is 0 Å². The van der Waals surface area contributed by atoms with Gasteiger partial charge < -0.3 is 10.6 Å². The Kier molecular flexibility index (Phi) is 4.14. The van der Waals surface area contributed by atoms with Gasteiger partial charge in [0.15, 0.2) is 0 Å². The van der Waals surface area contributed by atoms with Crippen molar-refractivity contribution in [2.24, 2.45) is 0 Å². The summed E-state index contributed by atoms with van der Waals surface area (Å²) in [6, 6.07) is 18.3. The lowest BCUT2D eigenvalue weighted by atomic mass is 9.72. The van der Waals surface area contributed by atoms with E-state index in [0.717, 1.165) is 24.8 Å². The SMILES string of the molecule is Cc1ccccc1CNC(=O)NC1(c2ccccc2)CCC1. The normalized spacial score (nSPS) is 15.7. The van der Waals surface area contributed by atoms with Crippen molar-refractivity contribution >= 4 is 6.03 Å². The number of hydrogen-bond donors (Lipinski definition) is 2. The maximum absolute atomic E-state index is 12.3. The van der Waals surface area contributed by atoms with Gasteiger partial charge in [-0.3, -0.25) is 0 Å². The van der Waals surface area contributed by atoms with Crippen molar-refractivity contribution < 1.29 is 4.79 Å². The molecule has 0 unspecified atom stereocenters. The second-order valence-corrected chi connectivity index (χ2v) is 6.04. The highest BCUT2D eigenvalue weighted by atomic mass is 16.2. The minimum atomic E-state index is -0.183. The predicted molar refractivity (Wildman–Crippen MR) is 88.5 cm³/mol. The lowest BCUT2D eigenvalue weighted by Gasteiger charge is -2.43. The van der Waals surface area contributed by atoms with E-state index in [4.69, 9.17) is 0 Å². The molecule has 2 aromatic rings. The zero-order valence-corrected chi connectivity index (χ0v) is 12.9.